The molecule has 0 bridgehead atoms. The number of hydrogen-bond acceptors (Lipinski definition) is 5. The van der Waals surface area contributed by atoms with E-state index in [1.165, 1.54) is 18.3 Å². The first kappa shape index (κ1) is 22.8. The lowest BCUT2D eigenvalue weighted by Gasteiger charge is -2.11. The third-order valence-corrected chi connectivity index (χ3v) is 4.55. The van der Waals surface area contributed by atoms with Crippen LogP contribution in [-0.2, 0) is 22.7 Å². The Kier molecular flexibility index (Phi) is 8.62. The maximum atomic E-state index is 12.9. The lowest BCUT2D eigenvalue weighted by atomic mass is 10.1. The maximum Gasteiger partial charge on any atom is 0.260 e. The van der Waals surface area contributed by atoms with Crippen LogP contribution in [0.2, 0.25) is 0 Å². The summed E-state index contributed by atoms with van der Waals surface area (Å²) in [5.74, 6) is 0.626. The second-order valence-corrected chi connectivity index (χ2v) is 6.92. The van der Waals surface area contributed by atoms with E-state index >= 15 is 0 Å². The van der Waals surface area contributed by atoms with E-state index in [1.807, 2.05) is 36.4 Å². The zero-order valence-corrected chi connectivity index (χ0v) is 17.8. The molecule has 3 rings (SSSR count). The molecule has 0 aromatic heterocycles. The molecule has 0 atom stereocenters. The SMILES string of the molecule is COc1cc(/C=N/OCC(=O)NCCc2ccc(F)cc2)ccc1OCc1ccccc1. The van der Waals surface area contributed by atoms with Gasteiger partial charge in [0.25, 0.3) is 5.91 Å². The molecule has 1 N–H and O–H groups in total. The molecule has 0 spiro atoms. The highest BCUT2D eigenvalue weighted by molar-refractivity contribution is 5.81. The molecule has 0 saturated heterocycles. The van der Waals surface area contributed by atoms with Crippen molar-refractivity contribution in [3.63, 3.8) is 0 Å². The summed E-state index contributed by atoms with van der Waals surface area (Å²) >= 11 is 0. The van der Waals surface area contributed by atoms with Crippen LogP contribution < -0.4 is 14.8 Å². The van der Waals surface area contributed by atoms with E-state index in [0.29, 0.717) is 31.1 Å². The molecular weight excluding hydrogens is 411 g/mol. The molecule has 3 aromatic rings. The van der Waals surface area contributed by atoms with Crippen molar-refractivity contribution >= 4 is 12.1 Å². The van der Waals surface area contributed by atoms with Crippen LogP contribution in [-0.4, -0.2) is 32.4 Å². The third kappa shape index (κ3) is 7.43. The van der Waals surface area contributed by atoms with Crippen LogP contribution in [0.4, 0.5) is 4.39 Å². The van der Waals surface area contributed by atoms with E-state index < -0.39 is 0 Å². The van der Waals surface area contributed by atoms with E-state index in [9.17, 15) is 9.18 Å². The van der Waals surface area contributed by atoms with Crippen LogP contribution in [0.3, 0.4) is 0 Å². The van der Waals surface area contributed by atoms with Crippen molar-refractivity contribution in [2.45, 2.75) is 13.0 Å². The first-order valence-electron chi connectivity index (χ1n) is 10.2. The Bertz CT molecular complexity index is 1020. The van der Waals surface area contributed by atoms with Crippen LogP contribution in [0.25, 0.3) is 0 Å². The Morgan fingerprint density at radius 2 is 1.78 bits per heavy atom. The highest BCUT2D eigenvalue weighted by Crippen LogP contribution is 2.28. The fraction of sp³-hybridized carbons (Fsp3) is 0.200. The molecule has 0 radical (unpaired) electrons. The molecule has 6 nitrogen and oxygen atoms in total. The minimum Gasteiger partial charge on any atom is -0.493 e. The molecular formula is C25H25FN2O4. The fourth-order valence-corrected chi connectivity index (χ4v) is 2.86. The summed E-state index contributed by atoms with van der Waals surface area (Å²) in [6, 6.07) is 21.4. The van der Waals surface area contributed by atoms with Crippen LogP contribution in [0, 0.1) is 5.82 Å². The summed E-state index contributed by atoms with van der Waals surface area (Å²) in [6.45, 7) is 0.665. The lowest BCUT2D eigenvalue weighted by Crippen LogP contribution is -2.28. The molecule has 0 saturated carbocycles. The van der Waals surface area contributed by atoms with Crippen molar-refractivity contribution < 1.29 is 23.5 Å². The highest BCUT2D eigenvalue weighted by Gasteiger charge is 2.06. The second-order valence-electron chi connectivity index (χ2n) is 6.92. The summed E-state index contributed by atoms with van der Waals surface area (Å²) in [4.78, 5) is 16.9. The number of methoxy groups -OCH3 is 1. The van der Waals surface area contributed by atoms with Gasteiger partial charge in [-0.3, -0.25) is 4.79 Å². The predicted molar refractivity (Wildman–Crippen MR) is 120 cm³/mol. The van der Waals surface area contributed by atoms with Crippen molar-refractivity contribution in [3.8, 4) is 11.5 Å². The van der Waals surface area contributed by atoms with Crippen molar-refractivity contribution in [3.05, 3.63) is 95.3 Å². The minimum atomic E-state index is -0.286. The van der Waals surface area contributed by atoms with E-state index in [2.05, 4.69) is 10.5 Å². The number of oxime groups is 1. The predicted octanol–water partition coefficient (Wildman–Crippen LogP) is 4.12. The molecule has 166 valence electrons. The van der Waals surface area contributed by atoms with Crippen LogP contribution >= 0.6 is 0 Å². The number of halogens is 1. The Labute approximate surface area is 186 Å². The first-order valence-corrected chi connectivity index (χ1v) is 10.2. The number of hydrogen-bond donors (Lipinski definition) is 1. The third-order valence-electron chi connectivity index (χ3n) is 4.55. The average molecular weight is 436 g/mol. The van der Waals surface area contributed by atoms with Crippen molar-refractivity contribution in [1.29, 1.82) is 0 Å². The van der Waals surface area contributed by atoms with Gasteiger partial charge in [0.05, 0.1) is 13.3 Å². The molecule has 7 heteroatoms. The largest absolute Gasteiger partial charge is 0.493 e. The molecule has 0 heterocycles. The van der Waals surface area contributed by atoms with Gasteiger partial charge >= 0.3 is 0 Å². The standard InChI is InChI=1S/C25H25FN2O4/c1-30-24-15-21(9-12-23(24)31-17-20-5-3-2-4-6-20)16-28-32-18-25(29)27-14-13-19-7-10-22(26)11-8-19/h2-12,15-16H,13-14,17-18H2,1H3,(H,27,29)/b28-16+. The highest BCUT2D eigenvalue weighted by atomic mass is 19.1. The first-order chi connectivity index (χ1) is 15.6. The van der Waals surface area contributed by atoms with E-state index in [4.69, 9.17) is 14.3 Å². The summed E-state index contributed by atoms with van der Waals surface area (Å²) in [5.41, 5.74) is 2.74. The van der Waals surface area contributed by atoms with E-state index in [-0.39, 0.29) is 18.3 Å². The molecule has 0 aliphatic heterocycles. The Morgan fingerprint density at radius 1 is 1.00 bits per heavy atom. The zero-order valence-electron chi connectivity index (χ0n) is 17.8. The number of nitrogens with zero attached hydrogens (tertiary/aromatic N) is 1. The number of benzene rings is 3. The number of ether oxygens (including phenoxy) is 2. The van der Waals surface area contributed by atoms with Gasteiger partial charge in [0, 0.05) is 12.1 Å². The topological polar surface area (TPSA) is 69.2 Å². The molecule has 0 fully saturated rings. The number of nitrogens with one attached hydrogen (secondary N) is 1. The quantitative estimate of drug-likeness (QED) is 0.363. The van der Waals surface area contributed by atoms with Gasteiger partial charge in [-0.1, -0.05) is 47.6 Å². The van der Waals surface area contributed by atoms with Crippen LogP contribution in [0.5, 0.6) is 11.5 Å². The number of amides is 1. The summed E-state index contributed by atoms with van der Waals surface area (Å²) in [7, 11) is 1.57. The van der Waals surface area contributed by atoms with Gasteiger partial charge in [-0.2, -0.15) is 0 Å². The van der Waals surface area contributed by atoms with Crippen LogP contribution in [0.1, 0.15) is 16.7 Å². The van der Waals surface area contributed by atoms with Gasteiger partial charge in [-0.05, 0) is 47.9 Å². The Morgan fingerprint density at radius 3 is 2.53 bits per heavy atom. The molecule has 3 aromatic carbocycles. The van der Waals surface area contributed by atoms with Gasteiger partial charge in [-0.25, -0.2) is 4.39 Å². The van der Waals surface area contributed by atoms with Gasteiger partial charge in [0.1, 0.15) is 12.4 Å². The summed E-state index contributed by atoms with van der Waals surface area (Å²) < 4.78 is 24.1. The van der Waals surface area contributed by atoms with E-state index in [0.717, 1.165) is 16.7 Å². The molecule has 32 heavy (non-hydrogen) atoms. The van der Waals surface area contributed by atoms with Crippen molar-refractivity contribution in [2.24, 2.45) is 5.16 Å². The number of carbonyl (C=O) groups is 1. The van der Waals surface area contributed by atoms with Crippen molar-refractivity contribution in [1.82, 2.24) is 5.32 Å². The van der Waals surface area contributed by atoms with Gasteiger partial charge in [-0.15, -0.1) is 0 Å². The summed E-state index contributed by atoms with van der Waals surface area (Å²) in [5, 5.41) is 6.56. The van der Waals surface area contributed by atoms with E-state index in [1.54, 1.807) is 31.4 Å². The lowest BCUT2D eigenvalue weighted by molar-refractivity contribution is -0.125. The van der Waals surface area contributed by atoms with Gasteiger partial charge < -0.3 is 19.6 Å². The van der Waals surface area contributed by atoms with Crippen LogP contribution in [0.15, 0.2) is 78.0 Å². The normalized spacial score (nSPS) is 10.7. The van der Waals surface area contributed by atoms with Gasteiger partial charge in [0.15, 0.2) is 18.1 Å². The van der Waals surface area contributed by atoms with Gasteiger partial charge in [0.2, 0.25) is 0 Å². The monoisotopic (exact) mass is 436 g/mol. The smallest absolute Gasteiger partial charge is 0.260 e. The number of carbonyl (C=O) groups excluding carboxylic acids is 1. The zero-order chi connectivity index (χ0) is 22.6. The molecule has 1 amide bonds. The molecule has 0 aliphatic rings. The van der Waals surface area contributed by atoms with Crippen molar-refractivity contribution in [2.75, 3.05) is 20.3 Å². The fourth-order valence-electron chi connectivity index (χ4n) is 2.86. The average Bonchev–Trinajstić information content (AvgIpc) is 2.82. The minimum absolute atomic E-state index is 0.199. The Balaban J connectivity index is 1.41. The molecule has 0 aliphatic carbocycles. The number of rotatable bonds is 11. The second kappa shape index (κ2) is 12.1. The Hall–Kier alpha value is -3.87. The summed E-state index contributed by atoms with van der Waals surface area (Å²) in [6.07, 6.45) is 2.10. The maximum absolute atomic E-state index is 12.9. The molecule has 0 unspecified atom stereocenters.